The van der Waals surface area contributed by atoms with E-state index < -0.39 is 29.3 Å². The highest BCUT2D eigenvalue weighted by molar-refractivity contribution is 6.30. The van der Waals surface area contributed by atoms with Crippen molar-refractivity contribution in [2.45, 2.75) is 58.7 Å². The molecule has 2 atom stereocenters. The third kappa shape index (κ3) is 5.88. The number of ether oxygens (including phenoxy) is 2. The Hall–Kier alpha value is -3.59. The minimum atomic E-state index is -0.751. The van der Waals surface area contributed by atoms with Crippen LogP contribution >= 0.6 is 11.6 Å². The van der Waals surface area contributed by atoms with E-state index in [2.05, 4.69) is 9.98 Å². The highest BCUT2D eigenvalue weighted by Gasteiger charge is 2.26. The molecule has 0 aliphatic heterocycles. The molecule has 1 aliphatic rings. The molecule has 0 unspecified atom stereocenters. The predicted molar refractivity (Wildman–Crippen MR) is 140 cm³/mol. The zero-order valence-electron chi connectivity index (χ0n) is 21.4. The van der Waals surface area contributed by atoms with Crippen molar-refractivity contribution in [1.29, 1.82) is 0 Å². The van der Waals surface area contributed by atoms with E-state index in [0.717, 1.165) is 34.3 Å². The van der Waals surface area contributed by atoms with Crippen molar-refractivity contribution >= 4 is 23.3 Å². The van der Waals surface area contributed by atoms with Gasteiger partial charge < -0.3 is 9.47 Å². The Morgan fingerprint density at radius 2 is 1.86 bits per heavy atom. The molecule has 1 fully saturated rings. The monoisotopic (exact) mass is 526 g/mol. The molecular weight excluding hydrogens is 496 g/mol. The molecule has 0 bridgehead atoms. The van der Waals surface area contributed by atoms with Crippen molar-refractivity contribution in [2.75, 3.05) is 7.11 Å². The number of methoxy groups -OCH3 is 1. The van der Waals surface area contributed by atoms with Crippen LogP contribution in [0.4, 0.5) is 5.69 Å². The van der Waals surface area contributed by atoms with Crippen molar-refractivity contribution in [2.24, 2.45) is 10.9 Å². The second-order valence-electron chi connectivity index (χ2n) is 9.40. The quantitative estimate of drug-likeness (QED) is 0.448. The summed E-state index contributed by atoms with van der Waals surface area (Å²) in [7, 11) is 1.27. The first-order chi connectivity index (χ1) is 17.7. The number of carbonyl (C=O) groups is 1. The largest absolute Gasteiger partial charge is 0.490 e. The fourth-order valence-electron chi connectivity index (χ4n) is 4.13. The molecule has 9 nitrogen and oxygen atoms in total. The Bertz CT molecular complexity index is 1470. The summed E-state index contributed by atoms with van der Waals surface area (Å²) in [5.41, 5.74) is 1.09. The highest BCUT2D eigenvalue weighted by atomic mass is 35.5. The third-order valence-corrected chi connectivity index (χ3v) is 7.08. The molecule has 2 aromatic carbocycles. The van der Waals surface area contributed by atoms with Crippen molar-refractivity contribution in [3.63, 3.8) is 0 Å². The van der Waals surface area contributed by atoms with Gasteiger partial charge in [0.2, 0.25) is 5.62 Å². The Balaban J connectivity index is 1.81. The van der Waals surface area contributed by atoms with Gasteiger partial charge in [0.1, 0.15) is 5.75 Å². The summed E-state index contributed by atoms with van der Waals surface area (Å²) in [6.07, 6.45) is 3.55. The second-order valence-corrected chi connectivity index (χ2v) is 9.84. The predicted octanol–water partition coefficient (Wildman–Crippen LogP) is 3.88. The van der Waals surface area contributed by atoms with E-state index >= 15 is 0 Å². The van der Waals surface area contributed by atoms with Gasteiger partial charge in [-0.05, 0) is 81.5 Å². The molecule has 37 heavy (non-hydrogen) atoms. The summed E-state index contributed by atoms with van der Waals surface area (Å²) in [5, 5.41) is 0.567. The number of hydrogen-bond acceptors (Lipinski definition) is 6. The lowest BCUT2D eigenvalue weighted by molar-refractivity contribution is -0.146. The lowest BCUT2D eigenvalue weighted by Crippen LogP contribution is -2.52. The molecular formula is C27H31ClN4O5. The van der Waals surface area contributed by atoms with Crippen LogP contribution in [0.25, 0.3) is 0 Å². The highest BCUT2D eigenvalue weighted by Crippen LogP contribution is 2.29. The average molecular weight is 527 g/mol. The summed E-state index contributed by atoms with van der Waals surface area (Å²) in [5.74, 6) is -0.440. The normalized spacial score (nSPS) is 15.6. The first-order valence-corrected chi connectivity index (χ1v) is 12.7. The standard InChI is InChI=1S/C27H31ClN4O5/c1-16-14-21(12-13-23(16)37-22-6-5-7-22)29-25-30-26(34)32(18(3)17(2)24(33)36-4)27(35)31(25)15-19-8-10-20(28)11-9-19/h8-14,17-18,22H,5-7,15H2,1-4H3,(H,29,30,34)/t17-,18+/m1/s1. The van der Waals surface area contributed by atoms with Gasteiger partial charge in [-0.25, -0.2) is 19.1 Å². The van der Waals surface area contributed by atoms with Crippen LogP contribution in [0.2, 0.25) is 5.02 Å². The van der Waals surface area contributed by atoms with E-state index in [1.165, 1.54) is 18.1 Å². The van der Waals surface area contributed by atoms with Gasteiger partial charge in [0.25, 0.3) is 0 Å². The Morgan fingerprint density at radius 1 is 1.16 bits per heavy atom. The molecule has 196 valence electrons. The number of carbonyl (C=O) groups excluding carboxylic acids is 1. The van der Waals surface area contributed by atoms with E-state index in [1.54, 1.807) is 44.2 Å². The molecule has 1 saturated carbocycles. The summed E-state index contributed by atoms with van der Waals surface area (Å²) in [4.78, 5) is 46.2. The molecule has 1 aliphatic carbocycles. The van der Waals surface area contributed by atoms with Gasteiger partial charge in [-0.15, -0.1) is 0 Å². The van der Waals surface area contributed by atoms with Crippen molar-refractivity contribution in [3.05, 3.63) is 85.2 Å². The van der Waals surface area contributed by atoms with Gasteiger partial charge in [0, 0.05) is 5.02 Å². The summed E-state index contributed by atoms with van der Waals surface area (Å²) in [6.45, 7) is 5.31. The van der Waals surface area contributed by atoms with Crippen LogP contribution in [0, 0.1) is 12.8 Å². The van der Waals surface area contributed by atoms with Gasteiger partial charge in [-0.3, -0.25) is 14.3 Å². The van der Waals surface area contributed by atoms with Crippen LogP contribution in [0.5, 0.6) is 5.75 Å². The number of hydrogen-bond donors (Lipinski definition) is 1. The fourth-order valence-corrected chi connectivity index (χ4v) is 4.25. The number of aryl methyl sites for hydroxylation is 1. The molecule has 1 N–H and O–H groups in total. The minimum absolute atomic E-state index is 0.0891. The van der Waals surface area contributed by atoms with Gasteiger partial charge in [-0.1, -0.05) is 23.7 Å². The molecule has 1 aromatic heterocycles. The number of rotatable bonds is 8. The van der Waals surface area contributed by atoms with Gasteiger partial charge in [0.05, 0.1) is 37.4 Å². The van der Waals surface area contributed by atoms with Crippen LogP contribution in [0.3, 0.4) is 0 Å². The Kier molecular flexibility index (Phi) is 8.02. The van der Waals surface area contributed by atoms with Crippen molar-refractivity contribution in [3.8, 4) is 5.75 Å². The Labute approximate surface area is 219 Å². The maximum atomic E-state index is 13.7. The summed E-state index contributed by atoms with van der Waals surface area (Å²) >= 11 is 6.03. The van der Waals surface area contributed by atoms with Crippen LogP contribution in [0.15, 0.2) is 57.0 Å². The zero-order valence-corrected chi connectivity index (χ0v) is 22.1. The zero-order chi connectivity index (χ0) is 26.7. The number of nitrogens with zero attached hydrogens (tertiary/aromatic N) is 3. The number of H-pyrrole nitrogens is 1. The molecule has 0 radical (unpaired) electrons. The number of benzene rings is 2. The smallest absolute Gasteiger partial charge is 0.335 e. The third-order valence-electron chi connectivity index (χ3n) is 6.83. The first kappa shape index (κ1) is 26.5. The molecule has 4 rings (SSSR count). The van der Waals surface area contributed by atoms with E-state index in [0.29, 0.717) is 10.7 Å². The van der Waals surface area contributed by atoms with Gasteiger partial charge in [0.15, 0.2) is 0 Å². The van der Waals surface area contributed by atoms with Crippen molar-refractivity contribution < 1.29 is 14.3 Å². The lowest BCUT2D eigenvalue weighted by Gasteiger charge is -2.27. The van der Waals surface area contributed by atoms with Crippen LogP contribution in [-0.4, -0.2) is 33.3 Å². The van der Waals surface area contributed by atoms with E-state index in [4.69, 9.17) is 21.1 Å². The summed E-state index contributed by atoms with van der Waals surface area (Å²) < 4.78 is 13.2. The molecule has 10 heteroatoms. The van der Waals surface area contributed by atoms with E-state index in [9.17, 15) is 14.4 Å². The van der Waals surface area contributed by atoms with Crippen LogP contribution in [-0.2, 0) is 16.1 Å². The maximum Gasteiger partial charge on any atom is 0.335 e. The van der Waals surface area contributed by atoms with Crippen molar-refractivity contribution in [1.82, 2.24) is 14.1 Å². The SMILES string of the molecule is COC(=O)[C@H](C)[C@H](C)n1c(=O)[nH]/c(=N\c2ccc(OC3CCC3)c(C)c2)n(Cc2ccc(Cl)cc2)c1=O. The van der Waals surface area contributed by atoms with Crippen LogP contribution in [0.1, 0.15) is 50.3 Å². The molecule has 0 amide bonds. The number of esters is 1. The maximum absolute atomic E-state index is 13.7. The van der Waals surface area contributed by atoms with Gasteiger partial charge >= 0.3 is 17.3 Å². The Morgan fingerprint density at radius 3 is 2.46 bits per heavy atom. The number of aromatic amines is 1. The molecule has 0 spiro atoms. The fraction of sp³-hybridized carbons (Fsp3) is 0.407. The number of nitrogens with one attached hydrogen (secondary N) is 1. The van der Waals surface area contributed by atoms with E-state index in [1.807, 2.05) is 19.1 Å². The number of halogens is 1. The minimum Gasteiger partial charge on any atom is -0.490 e. The molecule has 3 aromatic rings. The second kappa shape index (κ2) is 11.2. The topological polar surface area (TPSA) is 108 Å². The lowest BCUT2D eigenvalue weighted by atomic mass is 9.96. The number of aromatic nitrogens is 3. The average Bonchev–Trinajstić information content (AvgIpc) is 2.84. The first-order valence-electron chi connectivity index (χ1n) is 12.3. The molecule has 0 saturated heterocycles. The van der Waals surface area contributed by atoms with Crippen LogP contribution < -0.4 is 21.7 Å². The summed E-state index contributed by atoms with van der Waals surface area (Å²) in [6, 6.07) is 11.8. The molecule has 1 heterocycles. The van der Waals surface area contributed by atoms with Gasteiger partial charge in [-0.2, -0.15) is 0 Å². The van der Waals surface area contributed by atoms with E-state index in [-0.39, 0.29) is 18.3 Å².